The summed E-state index contributed by atoms with van der Waals surface area (Å²) < 4.78 is 17.9. The smallest absolute Gasteiger partial charge is 0.363 e. The molecule has 3 aromatic rings. The van der Waals surface area contributed by atoms with Gasteiger partial charge in [-0.3, -0.25) is 0 Å². The number of carbonyl (C=O) groups excluding carboxylic acids is 1. The Labute approximate surface area is 193 Å². The van der Waals surface area contributed by atoms with Gasteiger partial charge in [-0.1, -0.05) is 35.9 Å². The summed E-state index contributed by atoms with van der Waals surface area (Å²) in [5.41, 5.74) is 3.25. The van der Waals surface area contributed by atoms with Crippen LogP contribution in [0.1, 0.15) is 28.5 Å². The molecule has 2 aromatic carbocycles. The number of aliphatic imine (C=N–C) groups is 1. The molecular formula is C24H20BrNO4S. The number of rotatable bonds is 7. The minimum atomic E-state index is -0.475. The van der Waals surface area contributed by atoms with E-state index in [1.54, 1.807) is 6.08 Å². The third-order valence-corrected chi connectivity index (χ3v) is 5.90. The monoisotopic (exact) mass is 497 g/mol. The SMILES string of the molecule is CCOc1cc(/C=C2\N=C(c3cccs3)OC2=O)cc(Br)c1OCc1cccc(C)c1. The van der Waals surface area contributed by atoms with Gasteiger partial charge in [0.05, 0.1) is 16.0 Å². The maximum Gasteiger partial charge on any atom is 0.363 e. The lowest BCUT2D eigenvalue weighted by Crippen LogP contribution is -2.03. The van der Waals surface area contributed by atoms with E-state index in [0.29, 0.717) is 30.6 Å². The lowest BCUT2D eigenvalue weighted by molar-refractivity contribution is -0.129. The highest BCUT2D eigenvalue weighted by Gasteiger charge is 2.25. The topological polar surface area (TPSA) is 57.1 Å². The molecule has 4 rings (SSSR count). The maximum absolute atomic E-state index is 12.3. The minimum absolute atomic E-state index is 0.242. The summed E-state index contributed by atoms with van der Waals surface area (Å²) in [6.45, 7) is 4.86. The van der Waals surface area contributed by atoms with Crippen molar-refractivity contribution >= 4 is 45.2 Å². The first kappa shape index (κ1) is 21.3. The van der Waals surface area contributed by atoms with Gasteiger partial charge in [0.1, 0.15) is 6.61 Å². The van der Waals surface area contributed by atoms with E-state index in [1.807, 2.05) is 61.7 Å². The van der Waals surface area contributed by atoms with Crippen molar-refractivity contribution < 1.29 is 19.0 Å². The Morgan fingerprint density at radius 3 is 2.77 bits per heavy atom. The summed E-state index contributed by atoms with van der Waals surface area (Å²) in [4.78, 5) is 17.4. The Bertz CT molecular complexity index is 1170. The van der Waals surface area contributed by atoms with E-state index < -0.39 is 5.97 Å². The van der Waals surface area contributed by atoms with Crippen LogP contribution in [0.3, 0.4) is 0 Å². The number of hydrogen-bond donors (Lipinski definition) is 0. The van der Waals surface area contributed by atoms with E-state index in [9.17, 15) is 4.79 Å². The molecule has 1 aliphatic rings. The van der Waals surface area contributed by atoms with Crippen LogP contribution in [0.4, 0.5) is 0 Å². The van der Waals surface area contributed by atoms with Crippen molar-refractivity contribution in [2.24, 2.45) is 4.99 Å². The van der Waals surface area contributed by atoms with Gasteiger partial charge in [0.15, 0.2) is 17.2 Å². The fraction of sp³-hybridized carbons (Fsp3) is 0.167. The molecule has 0 fully saturated rings. The highest BCUT2D eigenvalue weighted by Crippen LogP contribution is 2.38. The fourth-order valence-corrected chi connectivity index (χ4v) is 4.33. The lowest BCUT2D eigenvalue weighted by atomic mass is 10.1. The molecule has 7 heteroatoms. The third-order valence-electron chi connectivity index (χ3n) is 4.45. The second-order valence-corrected chi connectivity index (χ2v) is 8.66. The van der Waals surface area contributed by atoms with Crippen LogP contribution in [0.25, 0.3) is 6.08 Å². The zero-order valence-corrected chi connectivity index (χ0v) is 19.5. The van der Waals surface area contributed by atoms with Crippen LogP contribution in [-0.4, -0.2) is 18.5 Å². The molecule has 5 nitrogen and oxygen atoms in total. The van der Waals surface area contributed by atoms with E-state index in [-0.39, 0.29) is 5.70 Å². The molecule has 0 atom stereocenters. The molecule has 31 heavy (non-hydrogen) atoms. The number of esters is 1. The molecule has 158 valence electrons. The fourth-order valence-electron chi connectivity index (χ4n) is 3.10. The zero-order chi connectivity index (χ0) is 21.8. The van der Waals surface area contributed by atoms with Crippen molar-refractivity contribution in [2.75, 3.05) is 6.61 Å². The number of halogens is 1. The first-order valence-corrected chi connectivity index (χ1v) is 11.4. The molecule has 0 unspecified atom stereocenters. The Morgan fingerprint density at radius 1 is 1.16 bits per heavy atom. The number of carbonyl (C=O) groups is 1. The Balaban J connectivity index is 1.61. The zero-order valence-electron chi connectivity index (χ0n) is 17.1. The van der Waals surface area contributed by atoms with Gasteiger partial charge in [0.25, 0.3) is 0 Å². The standard InChI is InChI=1S/C24H20BrNO4S/c1-3-28-20-13-17(12-19-24(27)30-23(26-19)21-8-5-9-31-21)11-18(25)22(20)29-14-16-7-4-6-15(2)10-16/h4-13H,3,14H2,1-2H3/b19-12-. The van der Waals surface area contributed by atoms with Crippen molar-refractivity contribution in [1.82, 2.24) is 0 Å². The summed E-state index contributed by atoms with van der Waals surface area (Å²) in [6, 6.07) is 15.6. The predicted octanol–water partition coefficient (Wildman–Crippen LogP) is 6.14. The highest BCUT2D eigenvalue weighted by molar-refractivity contribution is 9.10. The van der Waals surface area contributed by atoms with Crippen LogP contribution in [0.15, 0.2) is 69.1 Å². The van der Waals surface area contributed by atoms with Crippen molar-refractivity contribution in [3.63, 3.8) is 0 Å². The van der Waals surface area contributed by atoms with Gasteiger partial charge in [-0.15, -0.1) is 11.3 Å². The Hall–Kier alpha value is -2.90. The highest BCUT2D eigenvalue weighted by atomic mass is 79.9. The van der Waals surface area contributed by atoms with E-state index in [0.717, 1.165) is 20.5 Å². The van der Waals surface area contributed by atoms with Gasteiger partial charge in [-0.2, -0.15) is 0 Å². The normalized spacial score (nSPS) is 14.5. The van der Waals surface area contributed by atoms with Crippen LogP contribution in [0.5, 0.6) is 11.5 Å². The van der Waals surface area contributed by atoms with Crippen molar-refractivity contribution in [2.45, 2.75) is 20.5 Å². The molecule has 2 heterocycles. The predicted molar refractivity (Wildman–Crippen MR) is 126 cm³/mol. The number of nitrogens with zero attached hydrogens (tertiary/aromatic N) is 1. The van der Waals surface area contributed by atoms with Crippen LogP contribution in [0.2, 0.25) is 0 Å². The second-order valence-electron chi connectivity index (χ2n) is 6.85. The number of aryl methyl sites for hydroxylation is 1. The van der Waals surface area contributed by atoms with Crippen LogP contribution >= 0.6 is 27.3 Å². The van der Waals surface area contributed by atoms with Crippen LogP contribution in [-0.2, 0) is 16.1 Å². The molecule has 0 saturated heterocycles. The maximum atomic E-state index is 12.3. The second kappa shape index (κ2) is 9.49. The molecule has 1 aromatic heterocycles. The van der Waals surface area contributed by atoms with Gasteiger partial charge in [0.2, 0.25) is 5.90 Å². The van der Waals surface area contributed by atoms with Crippen molar-refractivity contribution in [1.29, 1.82) is 0 Å². The van der Waals surface area contributed by atoms with E-state index in [2.05, 4.69) is 27.0 Å². The van der Waals surface area contributed by atoms with Crippen LogP contribution in [0, 0.1) is 6.92 Å². The number of benzene rings is 2. The quantitative estimate of drug-likeness (QED) is 0.290. The summed E-state index contributed by atoms with van der Waals surface area (Å²) in [6.07, 6.45) is 1.68. The Kier molecular flexibility index (Phi) is 6.53. The van der Waals surface area contributed by atoms with E-state index >= 15 is 0 Å². The summed E-state index contributed by atoms with van der Waals surface area (Å²) >= 11 is 5.05. The first-order valence-electron chi connectivity index (χ1n) is 9.74. The summed E-state index contributed by atoms with van der Waals surface area (Å²) in [7, 11) is 0. The molecule has 0 aliphatic carbocycles. The first-order chi connectivity index (χ1) is 15.0. The lowest BCUT2D eigenvalue weighted by Gasteiger charge is -2.15. The number of thiophene rings is 1. The Morgan fingerprint density at radius 2 is 2.03 bits per heavy atom. The molecular weight excluding hydrogens is 478 g/mol. The van der Waals surface area contributed by atoms with Crippen LogP contribution < -0.4 is 9.47 Å². The average Bonchev–Trinajstić information content (AvgIpc) is 3.38. The van der Waals surface area contributed by atoms with E-state index in [4.69, 9.17) is 14.2 Å². The van der Waals surface area contributed by atoms with Gasteiger partial charge in [-0.05, 0) is 70.6 Å². The average molecular weight is 498 g/mol. The van der Waals surface area contributed by atoms with Gasteiger partial charge < -0.3 is 14.2 Å². The van der Waals surface area contributed by atoms with Gasteiger partial charge in [0, 0.05) is 0 Å². The molecule has 0 saturated carbocycles. The van der Waals surface area contributed by atoms with Gasteiger partial charge >= 0.3 is 5.97 Å². The molecule has 0 bridgehead atoms. The number of hydrogen-bond acceptors (Lipinski definition) is 6. The van der Waals surface area contributed by atoms with Crippen molar-refractivity contribution in [3.8, 4) is 11.5 Å². The minimum Gasteiger partial charge on any atom is -0.490 e. The van der Waals surface area contributed by atoms with Gasteiger partial charge in [-0.25, -0.2) is 9.79 Å². The third kappa shape index (κ3) is 5.06. The molecule has 1 aliphatic heterocycles. The number of ether oxygens (including phenoxy) is 3. The molecule has 0 amide bonds. The van der Waals surface area contributed by atoms with E-state index in [1.165, 1.54) is 16.9 Å². The molecule has 0 radical (unpaired) electrons. The molecule has 0 N–H and O–H groups in total. The summed E-state index contributed by atoms with van der Waals surface area (Å²) in [5.74, 6) is 1.05. The number of cyclic esters (lactones) is 1. The largest absolute Gasteiger partial charge is 0.490 e. The van der Waals surface area contributed by atoms with Crippen molar-refractivity contribution in [3.05, 3.63) is 85.6 Å². The summed E-state index contributed by atoms with van der Waals surface area (Å²) in [5, 5.41) is 1.91. The molecule has 0 spiro atoms.